The topological polar surface area (TPSA) is 49.4 Å². The second kappa shape index (κ2) is 4.50. The van der Waals surface area contributed by atoms with Crippen LogP contribution in [0.25, 0.3) is 0 Å². The van der Waals surface area contributed by atoms with Crippen LogP contribution in [0.4, 0.5) is 0 Å². The number of carbonyl (C=O) groups excluding carboxylic acids is 2. The molecule has 0 aromatic heterocycles. The van der Waals surface area contributed by atoms with Crippen LogP contribution in [0.15, 0.2) is 0 Å². The third-order valence-corrected chi connectivity index (χ3v) is 4.70. The Hall–Kier alpha value is -1.06. The fraction of sp³-hybridized carbons (Fsp3) is 0.867. The highest BCUT2D eigenvalue weighted by Gasteiger charge is 2.46. The SMILES string of the molecule is CC1C(=O)NC(C)(C)C(=O)N1C1CCC(C)(C)CC1. The van der Waals surface area contributed by atoms with Crippen LogP contribution in [0.2, 0.25) is 0 Å². The Balaban J connectivity index is 2.18. The highest BCUT2D eigenvalue weighted by atomic mass is 16.2. The van der Waals surface area contributed by atoms with Crippen molar-refractivity contribution in [1.29, 1.82) is 0 Å². The Labute approximate surface area is 115 Å². The van der Waals surface area contributed by atoms with E-state index in [0.29, 0.717) is 5.41 Å². The normalized spacial score (nSPS) is 31.2. The number of hydrogen-bond donors (Lipinski definition) is 1. The van der Waals surface area contributed by atoms with Crippen LogP contribution in [-0.2, 0) is 9.59 Å². The average Bonchev–Trinajstić information content (AvgIpc) is 2.29. The fourth-order valence-corrected chi connectivity index (χ4v) is 3.24. The molecule has 2 fully saturated rings. The summed E-state index contributed by atoms with van der Waals surface area (Å²) in [6.45, 7) is 9.97. The molecule has 0 radical (unpaired) electrons. The minimum absolute atomic E-state index is 0.0329. The van der Waals surface area contributed by atoms with Crippen molar-refractivity contribution in [2.45, 2.75) is 77.9 Å². The first-order valence-electron chi connectivity index (χ1n) is 7.29. The van der Waals surface area contributed by atoms with Crippen LogP contribution < -0.4 is 5.32 Å². The zero-order valence-corrected chi connectivity index (χ0v) is 12.7. The van der Waals surface area contributed by atoms with E-state index in [1.54, 1.807) is 13.8 Å². The lowest BCUT2D eigenvalue weighted by Crippen LogP contribution is -2.69. The molecule has 1 heterocycles. The standard InChI is InChI=1S/C15H26N2O2/c1-10-12(18)16-15(4,5)13(19)17(10)11-6-8-14(2,3)9-7-11/h10-11H,6-9H2,1-5H3,(H,16,18). The molecular weight excluding hydrogens is 240 g/mol. The van der Waals surface area contributed by atoms with E-state index in [4.69, 9.17) is 0 Å². The lowest BCUT2D eigenvalue weighted by atomic mass is 9.74. The molecule has 4 nitrogen and oxygen atoms in total. The minimum atomic E-state index is -0.767. The second-order valence-electron chi connectivity index (χ2n) is 7.40. The molecule has 0 bridgehead atoms. The minimum Gasteiger partial charge on any atom is -0.340 e. The molecule has 4 heteroatoms. The van der Waals surface area contributed by atoms with Gasteiger partial charge in [0.15, 0.2) is 0 Å². The largest absolute Gasteiger partial charge is 0.340 e. The van der Waals surface area contributed by atoms with Crippen molar-refractivity contribution in [3.8, 4) is 0 Å². The lowest BCUT2D eigenvalue weighted by molar-refractivity contribution is -0.156. The average molecular weight is 266 g/mol. The summed E-state index contributed by atoms with van der Waals surface area (Å²) in [6, 6.07) is -0.118. The van der Waals surface area contributed by atoms with E-state index in [-0.39, 0.29) is 23.9 Å². The molecular formula is C15H26N2O2. The highest BCUT2D eigenvalue weighted by molar-refractivity contribution is 5.99. The van der Waals surface area contributed by atoms with E-state index < -0.39 is 5.54 Å². The smallest absolute Gasteiger partial charge is 0.248 e. The summed E-state index contributed by atoms with van der Waals surface area (Å²) in [4.78, 5) is 26.4. The van der Waals surface area contributed by atoms with Gasteiger partial charge in [-0.15, -0.1) is 0 Å². The molecule has 1 aliphatic carbocycles. The van der Waals surface area contributed by atoms with Crippen LogP contribution in [0.5, 0.6) is 0 Å². The molecule has 2 rings (SSSR count). The molecule has 108 valence electrons. The molecule has 0 aromatic rings. The van der Waals surface area contributed by atoms with Gasteiger partial charge in [-0.05, 0) is 51.9 Å². The number of amides is 2. The fourth-order valence-electron chi connectivity index (χ4n) is 3.24. The number of rotatable bonds is 1. The van der Waals surface area contributed by atoms with Gasteiger partial charge in [-0.25, -0.2) is 0 Å². The molecule has 1 aliphatic heterocycles. The zero-order valence-electron chi connectivity index (χ0n) is 12.7. The summed E-state index contributed by atoms with van der Waals surface area (Å²) in [6.07, 6.45) is 4.26. The third-order valence-electron chi connectivity index (χ3n) is 4.70. The molecule has 1 saturated heterocycles. The van der Waals surface area contributed by atoms with Crippen molar-refractivity contribution in [2.75, 3.05) is 0 Å². The predicted octanol–water partition coefficient (Wildman–Crippen LogP) is 2.08. The van der Waals surface area contributed by atoms with Gasteiger partial charge in [0, 0.05) is 6.04 Å². The Bertz CT molecular complexity index is 391. The van der Waals surface area contributed by atoms with Crippen LogP contribution in [0.3, 0.4) is 0 Å². The molecule has 1 N–H and O–H groups in total. The first kappa shape index (κ1) is 14.4. The van der Waals surface area contributed by atoms with Crippen LogP contribution in [-0.4, -0.2) is 34.3 Å². The van der Waals surface area contributed by atoms with E-state index >= 15 is 0 Å². The predicted molar refractivity (Wildman–Crippen MR) is 74.6 cm³/mol. The third kappa shape index (κ3) is 2.63. The molecule has 1 saturated carbocycles. The first-order valence-corrected chi connectivity index (χ1v) is 7.29. The van der Waals surface area contributed by atoms with Gasteiger partial charge in [-0.3, -0.25) is 9.59 Å². The number of hydrogen-bond acceptors (Lipinski definition) is 2. The Morgan fingerprint density at radius 2 is 1.63 bits per heavy atom. The quantitative estimate of drug-likeness (QED) is 0.790. The lowest BCUT2D eigenvalue weighted by Gasteiger charge is -2.48. The summed E-state index contributed by atoms with van der Waals surface area (Å²) in [5.74, 6) is 0.0266. The Kier molecular flexibility index (Phi) is 3.40. The van der Waals surface area contributed by atoms with Crippen molar-refractivity contribution in [3.05, 3.63) is 0 Å². The van der Waals surface area contributed by atoms with Gasteiger partial charge in [0.25, 0.3) is 0 Å². The monoisotopic (exact) mass is 266 g/mol. The van der Waals surface area contributed by atoms with Gasteiger partial charge in [-0.2, -0.15) is 0 Å². The summed E-state index contributed by atoms with van der Waals surface area (Å²) < 4.78 is 0. The molecule has 2 amide bonds. The maximum absolute atomic E-state index is 12.6. The van der Waals surface area contributed by atoms with Crippen molar-refractivity contribution >= 4 is 11.8 Å². The van der Waals surface area contributed by atoms with Gasteiger partial charge in [-0.1, -0.05) is 13.8 Å². The van der Waals surface area contributed by atoms with Crippen LogP contribution in [0.1, 0.15) is 60.3 Å². The maximum atomic E-state index is 12.6. The van der Waals surface area contributed by atoms with E-state index in [1.807, 2.05) is 11.8 Å². The summed E-state index contributed by atoms with van der Waals surface area (Å²) in [5.41, 5.74) is -0.396. The molecule has 2 aliphatic rings. The number of carbonyl (C=O) groups is 2. The van der Waals surface area contributed by atoms with Gasteiger partial charge >= 0.3 is 0 Å². The van der Waals surface area contributed by atoms with Gasteiger partial charge in [0.2, 0.25) is 11.8 Å². The number of nitrogens with zero attached hydrogens (tertiary/aromatic N) is 1. The van der Waals surface area contributed by atoms with E-state index in [1.165, 1.54) is 0 Å². The van der Waals surface area contributed by atoms with Crippen LogP contribution in [0, 0.1) is 5.41 Å². The first-order chi connectivity index (χ1) is 8.64. The zero-order chi connectivity index (χ0) is 14.4. The van der Waals surface area contributed by atoms with E-state index in [0.717, 1.165) is 25.7 Å². The van der Waals surface area contributed by atoms with Crippen LogP contribution >= 0.6 is 0 Å². The number of nitrogens with one attached hydrogen (secondary N) is 1. The van der Waals surface area contributed by atoms with Crippen molar-refractivity contribution in [1.82, 2.24) is 10.2 Å². The van der Waals surface area contributed by atoms with Crippen molar-refractivity contribution < 1.29 is 9.59 Å². The maximum Gasteiger partial charge on any atom is 0.248 e. The Morgan fingerprint density at radius 1 is 1.11 bits per heavy atom. The van der Waals surface area contributed by atoms with Gasteiger partial charge < -0.3 is 10.2 Å². The van der Waals surface area contributed by atoms with Crippen molar-refractivity contribution in [3.63, 3.8) is 0 Å². The highest BCUT2D eigenvalue weighted by Crippen LogP contribution is 2.38. The van der Waals surface area contributed by atoms with Crippen molar-refractivity contribution in [2.24, 2.45) is 5.41 Å². The Morgan fingerprint density at radius 3 is 2.16 bits per heavy atom. The molecule has 0 aromatic carbocycles. The second-order valence-corrected chi connectivity index (χ2v) is 7.40. The summed E-state index contributed by atoms with van der Waals surface area (Å²) in [7, 11) is 0. The van der Waals surface area contributed by atoms with E-state index in [2.05, 4.69) is 19.2 Å². The van der Waals surface area contributed by atoms with E-state index in [9.17, 15) is 9.59 Å². The van der Waals surface area contributed by atoms with Gasteiger partial charge in [0.1, 0.15) is 11.6 Å². The molecule has 1 atom stereocenters. The molecule has 1 unspecified atom stereocenters. The number of piperazine rings is 1. The molecule has 0 spiro atoms. The summed E-state index contributed by atoms with van der Waals surface area (Å²) in [5, 5.41) is 2.81. The molecule has 19 heavy (non-hydrogen) atoms. The summed E-state index contributed by atoms with van der Waals surface area (Å²) >= 11 is 0. The van der Waals surface area contributed by atoms with Gasteiger partial charge in [0.05, 0.1) is 0 Å².